The van der Waals surface area contributed by atoms with Crippen LogP contribution in [0.3, 0.4) is 0 Å². The maximum absolute atomic E-state index is 12.0. The lowest BCUT2D eigenvalue weighted by molar-refractivity contribution is -0.192. The van der Waals surface area contributed by atoms with Crippen molar-refractivity contribution in [3.05, 3.63) is 41.7 Å². The van der Waals surface area contributed by atoms with Gasteiger partial charge >= 0.3 is 18.1 Å². The van der Waals surface area contributed by atoms with E-state index in [-0.39, 0.29) is 18.0 Å². The lowest BCUT2D eigenvalue weighted by Crippen LogP contribution is -2.25. The molecule has 0 spiro atoms. The summed E-state index contributed by atoms with van der Waals surface area (Å²) < 4.78 is 33.3. The van der Waals surface area contributed by atoms with Gasteiger partial charge in [0.1, 0.15) is 0 Å². The maximum atomic E-state index is 12.0. The number of para-hydroxylation sites is 1. The lowest BCUT2D eigenvalue weighted by atomic mass is 10.2. The van der Waals surface area contributed by atoms with E-state index in [1.807, 2.05) is 31.2 Å². The topological polar surface area (TPSA) is 134 Å². The molecule has 0 unspecified atom stereocenters. The Morgan fingerprint density at radius 1 is 1.13 bits per heavy atom. The Hall–Kier alpha value is -2.74. The number of carboxylic acid groups (broad SMARTS) is 2. The van der Waals surface area contributed by atoms with Crippen LogP contribution >= 0.6 is 21.6 Å². The first-order valence-corrected chi connectivity index (χ1v) is 11.0. The minimum absolute atomic E-state index is 0.145. The van der Waals surface area contributed by atoms with Crippen LogP contribution in [-0.4, -0.2) is 67.3 Å². The minimum Gasteiger partial charge on any atom is -0.481 e. The Bertz CT molecular complexity index is 893. The van der Waals surface area contributed by atoms with Gasteiger partial charge in [0.2, 0.25) is 0 Å². The molecule has 9 nitrogen and oxygen atoms in total. The second kappa shape index (κ2) is 12.8. The number of halogens is 3. The number of carbonyl (C=O) groups is 3. The number of aromatic nitrogens is 3. The fraction of sp³-hybridized carbons (Fsp3) is 0.353. The number of nitrogens with one attached hydrogen (secondary N) is 1. The van der Waals surface area contributed by atoms with E-state index in [1.54, 1.807) is 10.9 Å². The SMILES string of the molecule is Cc1ccccc1-n1cc(C(=O)NCCSSCCC(=O)O)nn1.O=C(O)C(F)(F)F. The van der Waals surface area contributed by atoms with Crippen LogP contribution < -0.4 is 5.32 Å². The van der Waals surface area contributed by atoms with E-state index in [9.17, 15) is 22.8 Å². The van der Waals surface area contributed by atoms with Gasteiger partial charge in [-0.3, -0.25) is 9.59 Å². The summed E-state index contributed by atoms with van der Waals surface area (Å²) in [6.45, 7) is 2.46. The van der Waals surface area contributed by atoms with Gasteiger partial charge in [0, 0.05) is 18.1 Å². The molecule has 1 aromatic heterocycles. The number of nitrogens with zero attached hydrogens (tertiary/aromatic N) is 3. The summed E-state index contributed by atoms with van der Waals surface area (Å²) in [5, 5.41) is 26.3. The zero-order valence-corrected chi connectivity index (χ0v) is 17.8. The Morgan fingerprint density at radius 3 is 2.32 bits per heavy atom. The molecule has 170 valence electrons. The Balaban J connectivity index is 0.000000592. The number of hydrogen-bond donors (Lipinski definition) is 3. The van der Waals surface area contributed by atoms with E-state index in [0.717, 1.165) is 11.3 Å². The van der Waals surface area contributed by atoms with Crippen molar-refractivity contribution in [2.75, 3.05) is 18.1 Å². The summed E-state index contributed by atoms with van der Waals surface area (Å²) in [7, 11) is 3.02. The van der Waals surface area contributed by atoms with Crippen molar-refractivity contribution in [3.8, 4) is 5.69 Å². The number of benzene rings is 1. The molecule has 14 heteroatoms. The summed E-state index contributed by atoms with van der Waals surface area (Å²) in [5.41, 5.74) is 2.19. The monoisotopic (exact) mass is 480 g/mol. The summed E-state index contributed by atoms with van der Waals surface area (Å²) in [6, 6.07) is 7.73. The van der Waals surface area contributed by atoms with Crippen LogP contribution in [0.5, 0.6) is 0 Å². The van der Waals surface area contributed by atoms with E-state index >= 15 is 0 Å². The molecular formula is C17H19F3N4O5S2. The number of aryl methyl sites for hydroxylation is 1. The summed E-state index contributed by atoms with van der Waals surface area (Å²) >= 11 is 0. The lowest BCUT2D eigenvalue weighted by Gasteiger charge is -2.03. The Labute approximate surface area is 182 Å². The highest BCUT2D eigenvalue weighted by Gasteiger charge is 2.38. The predicted octanol–water partition coefficient (Wildman–Crippen LogP) is 2.79. The second-order valence-electron chi connectivity index (χ2n) is 5.68. The molecule has 0 aliphatic carbocycles. The summed E-state index contributed by atoms with van der Waals surface area (Å²) in [5.74, 6) is -2.58. The molecule has 0 bridgehead atoms. The Kier molecular flexibility index (Phi) is 10.9. The summed E-state index contributed by atoms with van der Waals surface area (Å²) in [6.07, 6.45) is -3.33. The van der Waals surface area contributed by atoms with E-state index < -0.39 is 18.1 Å². The van der Waals surface area contributed by atoms with Crippen molar-refractivity contribution in [3.63, 3.8) is 0 Å². The third kappa shape index (κ3) is 10.2. The van der Waals surface area contributed by atoms with Gasteiger partial charge in [-0.15, -0.1) is 5.10 Å². The fourth-order valence-corrected chi connectivity index (χ4v) is 3.74. The van der Waals surface area contributed by atoms with Gasteiger partial charge < -0.3 is 15.5 Å². The quantitative estimate of drug-likeness (QED) is 0.366. The molecule has 3 N–H and O–H groups in total. The van der Waals surface area contributed by atoms with Gasteiger partial charge in [-0.1, -0.05) is 45.0 Å². The number of carboxylic acids is 2. The molecule has 0 aliphatic rings. The third-order valence-corrected chi connectivity index (χ3v) is 5.69. The van der Waals surface area contributed by atoms with Crippen LogP contribution in [0.15, 0.2) is 30.5 Å². The number of rotatable bonds is 9. The average Bonchev–Trinajstić information content (AvgIpc) is 3.17. The molecule has 0 atom stereocenters. The van der Waals surface area contributed by atoms with Gasteiger partial charge in [-0.2, -0.15) is 13.2 Å². The highest BCUT2D eigenvalue weighted by molar-refractivity contribution is 8.76. The van der Waals surface area contributed by atoms with Crippen LogP contribution in [0.4, 0.5) is 13.2 Å². The first-order valence-electron chi connectivity index (χ1n) is 8.55. The van der Waals surface area contributed by atoms with Crippen molar-refractivity contribution < 1.29 is 37.8 Å². The van der Waals surface area contributed by atoms with E-state index in [0.29, 0.717) is 18.1 Å². The van der Waals surface area contributed by atoms with Gasteiger partial charge in [-0.05, 0) is 18.6 Å². The van der Waals surface area contributed by atoms with Crippen LogP contribution in [0, 0.1) is 6.92 Å². The standard InChI is InChI=1S/C15H18N4O3S2.C2HF3O2/c1-11-4-2-3-5-13(11)19-10-12(17-18-19)15(22)16-7-9-24-23-8-6-14(20)21;3-2(4,5)1(6)7/h2-5,10H,6-9H2,1H3,(H,16,22)(H,20,21);(H,6,7). The largest absolute Gasteiger partial charge is 0.490 e. The normalized spacial score (nSPS) is 10.7. The van der Waals surface area contributed by atoms with Crippen molar-refractivity contribution in [1.29, 1.82) is 0 Å². The maximum Gasteiger partial charge on any atom is 0.490 e. The van der Waals surface area contributed by atoms with Crippen molar-refractivity contribution in [1.82, 2.24) is 20.3 Å². The van der Waals surface area contributed by atoms with Crippen LogP contribution in [0.25, 0.3) is 5.69 Å². The summed E-state index contributed by atoms with van der Waals surface area (Å²) in [4.78, 5) is 31.3. The molecule has 2 aromatic rings. The van der Waals surface area contributed by atoms with Crippen molar-refractivity contribution in [2.24, 2.45) is 0 Å². The number of aliphatic carboxylic acids is 2. The number of hydrogen-bond acceptors (Lipinski definition) is 7. The van der Waals surface area contributed by atoms with Gasteiger partial charge in [-0.25, -0.2) is 9.48 Å². The molecule has 0 saturated heterocycles. The number of carbonyl (C=O) groups excluding carboxylic acids is 1. The first kappa shape index (κ1) is 26.3. The van der Waals surface area contributed by atoms with E-state index in [1.165, 1.54) is 21.6 Å². The predicted molar refractivity (Wildman–Crippen MR) is 109 cm³/mol. The molecule has 31 heavy (non-hydrogen) atoms. The number of alkyl halides is 3. The molecule has 1 aromatic carbocycles. The molecule has 0 radical (unpaired) electrons. The zero-order valence-electron chi connectivity index (χ0n) is 16.1. The third-order valence-electron chi connectivity index (χ3n) is 3.28. The number of amides is 1. The van der Waals surface area contributed by atoms with Gasteiger partial charge in [0.15, 0.2) is 5.69 Å². The first-order chi connectivity index (χ1) is 14.5. The Morgan fingerprint density at radius 2 is 1.74 bits per heavy atom. The molecule has 1 amide bonds. The molecule has 1 heterocycles. The highest BCUT2D eigenvalue weighted by Crippen LogP contribution is 2.21. The van der Waals surface area contributed by atoms with E-state index in [4.69, 9.17) is 15.0 Å². The van der Waals surface area contributed by atoms with Crippen LogP contribution in [-0.2, 0) is 9.59 Å². The smallest absolute Gasteiger partial charge is 0.481 e. The van der Waals surface area contributed by atoms with E-state index in [2.05, 4.69) is 15.6 Å². The minimum atomic E-state index is -5.08. The van der Waals surface area contributed by atoms with Gasteiger partial charge in [0.25, 0.3) is 5.91 Å². The van der Waals surface area contributed by atoms with Crippen molar-refractivity contribution in [2.45, 2.75) is 19.5 Å². The van der Waals surface area contributed by atoms with Crippen LogP contribution in [0.1, 0.15) is 22.5 Å². The van der Waals surface area contributed by atoms with Crippen molar-refractivity contribution >= 4 is 39.4 Å². The fourth-order valence-electron chi connectivity index (χ4n) is 1.85. The van der Waals surface area contributed by atoms with Crippen LogP contribution in [0.2, 0.25) is 0 Å². The molecule has 0 fully saturated rings. The molecular weight excluding hydrogens is 461 g/mol. The average molecular weight is 480 g/mol. The molecule has 0 saturated carbocycles. The van der Waals surface area contributed by atoms with Gasteiger partial charge in [0.05, 0.1) is 18.3 Å². The zero-order chi connectivity index (χ0) is 23.4. The second-order valence-corrected chi connectivity index (χ2v) is 8.38. The molecule has 2 rings (SSSR count). The highest BCUT2D eigenvalue weighted by atomic mass is 33.1. The molecule has 0 aliphatic heterocycles.